The van der Waals surface area contributed by atoms with Gasteiger partial charge in [-0.25, -0.2) is 8.42 Å². The molecule has 2 saturated heterocycles. The molecule has 0 aliphatic carbocycles. The second-order valence-electron chi connectivity index (χ2n) is 6.86. The van der Waals surface area contributed by atoms with Crippen molar-refractivity contribution in [3.63, 3.8) is 0 Å². The normalized spacial score (nSPS) is 26.7. The number of nitrogens with one attached hydrogen (secondary N) is 1. The summed E-state index contributed by atoms with van der Waals surface area (Å²) in [5.41, 5.74) is 3.21. The van der Waals surface area contributed by atoms with Crippen LogP contribution in [-0.4, -0.2) is 110 Å². The van der Waals surface area contributed by atoms with Gasteiger partial charge < -0.3 is 19.9 Å². The lowest BCUT2D eigenvalue weighted by Crippen LogP contribution is -2.49. The fourth-order valence-corrected chi connectivity index (χ4v) is 4.08. The molecule has 0 aromatic carbocycles. The van der Waals surface area contributed by atoms with Gasteiger partial charge >= 0.3 is 0 Å². The summed E-state index contributed by atoms with van der Waals surface area (Å²) >= 11 is -2.87. The van der Waals surface area contributed by atoms with Crippen molar-refractivity contribution in [1.29, 1.82) is 0 Å². The Morgan fingerprint density at radius 3 is 2.00 bits per heavy atom. The molecule has 2 rings (SSSR count). The van der Waals surface area contributed by atoms with E-state index in [2.05, 4.69) is 15.1 Å². The molecule has 4 N–H and O–H groups in total. The Morgan fingerprint density at radius 2 is 1.52 bits per heavy atom. The van der Waals surface area contributed by atoms with Gasteiger partial charge in [-0.3, -0.25) is 10.0 Å². The molecule has 2 fully saturated rings. The van der Waals surface area contributed by atoms with Crippen LogP contribution < -0.4 is 5.64 Å². The molecular weight excluding hydrogens is 486 g/mol. The Labute approximate surface area is 197 Å². The van der Waals surface area contributed by atoms with Crippen molar-refractivity contribution in [2.75, 3.05) is 46.4 Å². The van der Waals surface area contributed by atoms with Crippen LogP contribution >= 0.6 is 0 Å². The molecule has 2 aliphatic heterocycles. The molecule has 0 amide bonds. The van der Waals surface area contributed by atoms with Gasteiger partial charge in [0.15, 0.2) is 28.5 Å². The fraction of sp³-hybridized carbons (Fsp3) is 0.875. The van der Waals surface area contributed by atoms with Gasteiger partial charge in [-0.05, 0) is 0 Å². The maximum atomic E-state index is 11.0. The van der Waals surface area contributed by atoms with Crippen LogP contribution in [0, 0.1) is 0 Å². The van der Waals surface area contributed by atoms with Crippen LogP contribution in [0.3, 0.4) is 0 Å². The second kappa shape index (κ2) is 16.5. The van der Waals surface area contributed by atoms with Gasteiger partial charge in [-0.1, -0.05) is 16.0 Å². The lowest BCUT2D eigenvalue weighted by molar-refractivity contribution is -0.178. The van der Waals surface area contributed by atoms with E-state index in [-0.39, 0.29) is 12.6 Å². The van der Waals surface area contributed by atoms with E-state index in [1.165, 1.54) is 31.8 Å². The highest BCUT2D eigenvalue weighted by Gasteiger charge is 2.33. The van der Waals surface area contributed by atoms with Crippen molar-refractivity contribution in [1.82, 2.24) is 15.8 Å². The first kappa shape index (κ1) is 29.9. The smallest absolute Gasteiger partial charge is 0.170 e. The third-order valence-corrected chi connectivity index (χ3v) is 5.26. The Morgan fingerprint density at radius 1 is 1.00 bits per heavy atom. The number of rotatable bonds is 10. The van der Waals surface area contributed by atoms with Crippen molar-refractivity contribution >= 4 is 33.6 Å². The fourth-order valence-electron chi connectivity index (χ4n) is 3.16. The maximum Gasteiger partial charge on any atom is 0.170 e. The van der Waals surface area contributed by atoms with Crippen LogP contribution in [0.2, 0.25) is 0 Å². The van der Waals surface area contributed by atoms with Crippen LogP contribution in [0.15, 0.2) is 10.3 Å². The molecule has 0 bridgehead atoms. The maximum absolute atomic E-state index is 11.0. The second-order valence-corrected chi connectivity index (χ2v) is 8.76. The minimum absolute atomic E-state index is 0.177. The zero-order chi connectivity index (χ0) is 24.8. The summed E-state index contributed by atoms with van der Waals surface area (Å²) in [4.78, 5) is 14.0. The summed E-state index contributed by atoms with van der Waals surface area (Å²) < 4.78 is 32.1. The lowest BCUT2D eigenvalue weighted by Gasteiger charge is -2.34. The van der Waals surface area contributed by atoms with E-state index in [0.717, 1.165) is 11.4 Å². The minimum atomic E-state index is -1.58. The number of nitrogens with zero attached hydrogens (tertiary/aromatic N) is 4. The molecule has 4 atom stereocenters. The van der Waals surface area contributed by atoms with E-state index in [4.69, 9.17) is 23.5 Å². The summed E-state index contributed by atoms with van der Waals surface area (Å²) in [5, 5.41) is 37.3. The van der Waals surface area contributed by atoms with Crippen LogP contribution in [-0.2, 0) is 45.2 Å². The molecule has 4 unspecified atom stereocenters. The van der Waals surface area contributed by atoms with Crippen LogP contribution in [0.4, 0.5) is 0 Å². The third kappa shape index (κ3) is 11.7. The van der Waals surface area contributed by atoms with E-state index >= 15 is 0 Å². The van der Waals surface area contributed by atoms with E-state index in [1.54, 1.807) is 10.7 Å². The first-order chi connectivity index (χ1) is 15.7. The van der Waals surface area contributed by atoms with Gasteiger partial charge in [0, 0.05) is 51.3 Å². The average Bonchev–Trinajstić information content (AvgIpc) is 2.75. The summed E-state index contributed by atoms with van der Waals surface area (Å²) in [6.45, 7) is 1.11. The number of piperidine rings is 2. The Hall–Kier alpha value is -1.12. The Kier molecular flexibility index (Phi) is 15.0. The number of hydroxylamine groups is 4. The highest BCUT2D eigenvalue weighted by molar-refractivity contribution is 7.79. The molecule has 33 heavy (non-hydrogen) atoms. The topological polar surface area (TPSA) is 184 Å². The highest BCUT2D eigenvalue weighted by atomic mass is 32.2. The lowest BCUT2D eigenvalue weighted by atomic mass is 10.0. The standard InChI is InChI=1S/C8H17N3O5S.C8H16N2O5S/c1-14-9-7-3-4-11(16-17(2)13)8(5-7)6-15-10-12;1-14-9-6-3-4-10(15-16(2)13)7(5-6)8(11)12/h8,10,12H,3-6H2,1-2H3;7-8,11-12H,3-5H2,1-2H3/b9-7+;9-6+. The minimum Gasteiger partial charge on any atom is -0.399 e. The monoisotopic (exact) mass is 519 g/mol. The van der Waals surface area contributed by atoms with Crippen molar-refractivity contribution in [2.24, 2.45) is 10.3 Å². The summed E-state index contributed by atoms with van der Waals surface area (Å²) in [7, 11) is 2.92. The molecule has 0 radical (unpaired) electrons. The molecule has 0 aromatic rings. The molecule has 0 aromatic heterocycles. The molecular formula is C16H33N5O10S2. The number of aliphatic hydroxyl groups is 2. The number of hydrogen-bond acceptors (Lipinski definition) is 15. The SMILES string of the molecule is CO/N=C1\CCN(OS(C)=O)C(C(O)O)C1.CO/N=C1\CCN(OS(C)=O)C(CONO)C1. The summed E-state index contributed by atoms with van der Waals surface area (Å²) in [6, 6.07) is -0.854. The van der Waals surface area contributed by atoms with Gasteiger partial charge in [0.2, 0.25) is 0 Å². The highest BCUT2D eigenvalue weighted by Crippen LogP contribution is 2.19. The van der Waals surface area contributed by atoms with Crippen molar-refractivity contribution in [3.05, 3.63) is 0 Å². The predicted octanol–water partition coefficient (Wildman–Crippen LogP) is -1.42. The van der Waals surface area contributed by atoms with Gasteiger partial charge in [0.25, 0.3) is 0 Å². The molecule has 2 aliphatic rings. The van der Waals surface area contributed by atoms with Gasteiger partial charge in [-0.15, -0.1) is 0 Å². The Balaban J connectivity index is 0.000000331. The quantitative estimate of drug-likeness (QED) is 0.195. The zero-order valence-electron chi connectivity index (χ0n) is 19.0. The van der Waals surface area contributed by atoms with E-state index in [1.807, 2.05) is 0 Å². The molecule has 194 valence electrons. The van der Waals surface area contributed by atoms with Crippen LogP contribution in [0.1, 0.15) is 25.7 Å². The number of hydrogen-bond donors (Lipinski definition) is 4. The van der Waals surface area contributed by atoms with E-state index in [0.29, 0.717) is 38.8 Å². The van der Waals surface area contributed by atoms with E-state index < -0.39 is 34.5 Å². The number of aliphatic hydroxyl groups excluding tert-OH is 1. The molecule has 0 spiro atoms. The van der Waals surface area contributed by atoms with E-state index in [9.17, 15) is 18.6 Å². The largest absolute Gasteiger partial charge is 0.399 e. The van der Waals surface area contributed by atoms with Crippen molar-refractivity contribution < 1.29 is 46.9 Å². The number of oxime groups is 2. The van der Waals surface area contributed by atoms with Gasteiger partial charge in [0.05, 0.1) is 30.1 Å². The first-order valence-electron chi connectivity index (χ1n) is 9.83. The molecule has 0 saturated carbocycles. The third-order valence-electron chi connectivity index (χ3n) is 4.46. The molecule has 2 heterocycles. The van der Waals surface area contributed by atoms with Crippen molar-refractivity contribution in [3.8, 4) is 0 Å². The van der Waals surface area contributed by atoms with Crippen molar-refractivity contribution in [2.45, 2.75) is 44.1 Å². The predicted molar refractivity (Wildman–Crippen MR) is 118 cm³/mol. The zero-order valence-corrected chi connectivity index (χ0v) is 20.6. The molecule has 15 nitrogen and oxygen atoms in total. The Bertz CT molecular complexity index is 684. The summed E-state index contributed by atoms with van der Waals surface area (Å²) in [5.74, 6) is 0. The van der Waals surface area contributed by atoms with Gasteiger partial charge in [0.1, 0.15) is 14.2 Å². The van der Waals surface area contributed by atoms with Crippen LogP contribution in [0.25, 0.3) is 0 Å². The average molecular weight is 520 g/mol. The summed E-state index contributed by atoms with van der Waals surface area (Å²) in [6.07, 6.45) is 3.36. The van der Waals surface area contributed by atoms with Crippen LogP contribution in [0.5, 0.6) is 0 Å². The van der Waals surface area contributed by atoms with Gasteiger partial charge in [-0.2, -0.15) is 18.7 Å². The molecule has 17 heteroatoms. The first-order valence-corrected chi connectivity index (χ1v) is 12.8.